The van der Waals surface area contributed by atoms with Gasteiger partial charge in [0.15, 0.2) is 0 Å². The molecule has 9 heteroatoms. The molecule has 26 heavy (non-hydrogen) atoms. The van der Waals surface area contributed by atoms with Gasteiger partial charge < -0.3 is 10.1 Å². The van der Waals surface area contributed by atoms with Crippen LogP contribution in [0.5, 0.6) is 5.88 Å². The smallest absolute Gasteiger partial charge is 0.250 e. The molecule has 2 rings (SSSR count). The van der Waals surface area contributed by atoms with Gasteiger partial charge in [-0.05, 0) is 37.1 Å². The van der Waals surface area contributed by atoms with Gasteiger partial charge in [-0.1, -0.05) is 12.1 Å². The van der Waals surface area contributed by atoms with E-state index >= 15 is 0 Å². The number of amides is 1. The second kappa shape index (κ2) is 7.38. The van der Waals surface area contributed by atoms with Gasteiger partial charge in [-0.15, -0.1) is 0 Å². The summed E-state index contributed by atoms with van der Waals surface area (Å²) in [5.74, 6) is -0.744. The lowest BCUT2D eigenvalue weighted by Gasteiger charge is -2.29. The fourth-order valence-corrected chi connectivity index (χ4v) is 3.36. The number of benzene rings is 1. The first-order valence-electron chi connectivity index (χ1n) is 7.62. The Hall–Kier alpha value is -2.52. The van der Waals surface area contributed by atoms with Gasteiger partial charge in [-0.25, -0.2) is 17.8 Å². The lowest BCUT2D eigenvalue weighted by atomic mass is 9.92. The molecule has 0 radical (unpaired) electrons. The van der Waals surface area contributed by atoms with Crippen molar-refractivity contribution in [2.75, 3.05) is 18.7 Å². The number of nitrogens with zero attached hydrogens (tertiary/aromatic N) is 1. The zero-order chi connectivity index (χ0) is 19.5. The van der Waals surface area contributed by atoms with Crippen LogP contribution in [0.15, 0.2) is 36.5 Å². The molecule has 1 aromatic carbocycles. The van der Waals surface area contributed by atoms with Crippen molar-refractivity contribution in [1.82, 2.24) is 9.71 Å². The first-order chi connectivity index (χ1) is 12.0. The van der Waals surface area contributed by atoms with Gasteiger partial charge in [0, 0.05) is 6.07 Å². The zero-order valence-electron chi connectivity index (χ0n) is 14.8. The van der Waals surface area contributed by atoms with E-state index in [-0.39, 0.29) is 0 Å². The summed E-state index contributed by atoms with van der Waals surface area (Å²) in [4.78, 5) is 16.9. The van der Waals surface area contributed by atoms with Crippen molar-refractivity contribution < 1.29 is 22.3 Å². The normalized spacial score (nSPS) is 13.7. The summed E-state index contributed by atoms with van der Waals surface area (Å²) in [6.07, 6.45) is 2.36. The number of hydrogen-bond donors (Lipinski definition) is 2. The lowest BCUT2D eigenvalue weighted by molar-refractivity contribution is -0.121. The van der Waals surface area contributed by atoms with Gasteiger partial charge >= 0.3 is 0 Å². The van der Waals surface area contributed by atoms with Crippen molar-refractivity contribution in [3.63, 3.8) is 0 Å². The highest BCUT2D eigenvalue weighted by Gasteiger charge is 2.38. The third kappa shape index (κ3) is 4.55. The van der Waals surface area contributed by atoms with E-state index in [1.165, 1.54) is 32.4 Å². The van der Waals surface area contributed by atoms with Crippen LogP contribution in [0.3, 0.4) is 0 Å². The maximum Gasteiger partial charge on any atom is 0.250 e. The van der Waals surface area contributed by atoms with Crippen molar-refractivity contribution in [1.29, 1.82) is 0 Å². The Balaban J connectivity index is 2.42. The minimum atomic E-state index is -3.74. The molecule has 0 spiro atoms. The Morgan fingerprint density at radius 1 is 1.27 bits per heavy atom. The molecule has 0 aliphatic carbocycles. The van der Waals surface area contributed by atoms with Gasteiger partial charge in [0.05, 0.1) is 25.2 Å². The van der Waals surface area contributed by atoms with Crippen LogP contribution >= 0.6 is 0 Å². The molecule has 2 N–H and O–H groups in total. The van der Waals surface area contributed by atoms with Crippen molar-refractivity contribution in [2.45, 2.75) is 19.4 Å². The van der Waals surface area contributed by atoms with Crippen LogP contribution in [0.4, 0.5) is 10.1 Å². The van der Waals surface area contributed by atoms with E-state index in [0.717, 1.165) is 18.4 Å². The standard InChI is InChI=1S/C17H20FN3O4S/c1-11-9-15(25-3)19-10-14(11)20-16(22)17(2,21-26(4,23)24)12-5-7-13(18)8-6-12/h5-10,21H,1-4H3,(H,20,22)/t17-/m0/s1. The van der Waals surface area contributed by atoms with Gasteiger partial charge in [-0.2, -0.15) is 4.72 Å². The number of aryl methyl sites for hydroxylation is 1. The van der Waals surface area contributed by atoms with E-state index in [1.54, 1.807) is 13.0 Å². The summed E-state index contributed by atoms with van der Waals surface area (Å²) in [5.41, 5.74) is -0.264. The van der Waals surface area contributed by atoms with Gasteiger partial charge in [0.1, 0.15) is 11.4 Å². The number of methoxy groups -OCH3 is 1. The molecule has 0 aliphatic heterocycles. The predicted octanol–water partition coefficient (Wildman–Crippen LogP) is 1.94. The molecule has 0 saturated carbocycles. The van der Waals surface area contributed by atoms with Crippen molar-refractivity contribution in [3.05, 3.63) is 53.5 Å². The number of carbonyl (C=O) groups is 1. The van der Waals surface area contributed by atoms with Crippen LogP contribution in [0, 0.1) is 12.7 Å². The van der Waals surface area contributed by atoms with Crippen LogP contribution in [0.25, 0.3) is 0 Å². The van der Waals surface area contributed by atoms with E-state index in [4.69, 9.17) is 4.74 Å². The van der Waals surface area contributed by atoms with Crippen molar-refractivity contribution >= 4 is 21.6 Å². The number of pyridine rings is 1. The fraction of sp³-hybridized carbons (Fsp3) is 0.294. The number of halogens is 1. The second-order valence-corrected chi connectivity index (χ2v) is 7.75. The maximum atomic E-state index is 13.2. The first kappa shape index (κ1) is 19.8. The van der Waals surface area contributed by atoms with E-state index < -0.39 is 27.3 Å². The summed E-state index contributed by atoms with van der Waals surface area (Å²) >= 11 is 0. The molecule has 0 bridgehead atoms. The molecule has 1 amide bonds. The molecule has 0 fully saturated rings. The number of carbonyl (C=O) groups excluding carboxylic acids is 1. The largest absolute Gasteiger partial charge is 0.481 e. The number of ether oxygens (including phenoxy) is 1. The molecule has 0 aliphatic rings. The van der Waals surface area contributed by atoms with Crippen molar-refractivity contribution in [3.8, 4) is 5.88 Å². The molecule has 7 nitrogen and oxygen atoms in total. The number of hydrogen-bond acceptors (Lipinski definition) is 5. The second-order valence-electron chi connectivity index (χ2n) is 6.00. The molecule has 1 atom stereocenters. The number of nitrogens with one attached hydrogen (secondary N) is 2. The molecule has 1 heterocycles. The average Bonchev–Trinajstić information content (AvgIpc) is 2.55. The third-order valence-corrected chi connectivity index (χ3v) is 4.59. The number of anilines is 1. The average molecular weight is 381 g/mol. The highest BCUT2D eigenvalue weighted by Crippen LogP contribution is 2.26. The van der Waals surface area contributed by atoms with Gasteiger partial charge in [0.2, 0.25) is 21.8 Å². The minimum Gasteiger partial charge on any atom is -0.481 e. The summed E-state index contributed by atoms with van der Waals surface area (Å²) in [7, 11) is -2.26. The molecular weight excluding hydrogens is 361 g/mol. The summed E-state index contributed by atoms with van der Waals surface area (Å²) in [6, 6.07) is 6.66. The highest BCUT2D eigenvalue weighted by molar-refractivity contribution is 7.88. The minimum absolute atomic E-state index is 0.293. The Morgan fingerprint density at radius 3 is 2.38 bits per heavy atom. The molecular formula is C17H20FN3O4S. The topological polar surface area (TPSA) is 97.4 Å². The summed E-state index contributed by atoms with van der Waals surface area (Å²) in [6.45, 7) is 3.15. The first-order valence-corrected chi connectivity index (χ1v) is 9.51. The predicted molar refractivity (Wildman–Crippen MR) is 95.9 cm³/mol. The quantitative estimate of drug-likeness (QED) is 0.797. The number of rotatable bonds is 6. The number of sulfonamides is 1. The summed E-state index contributed by atoms with van der Waals surface area (Å²) < 4.78 is 44.2. The van der Waals surface area contributed by atoms with E-state index in [2.05, 4.69) is 15.0 Å². The van der Waals surface area contributed by atoms with E-state index in [9.17, 15) is 17.6 Å². The Kier molecular flexibility index (Phi) is 5.62. The third-order valence-electron chi connectivity index (χ3n) is 3.81. The fourth-order valence-electron chi connectivity index (χ4n) is 2.41. The lowest BCUT2D eigenvalue weighted by Crippen LogP contribution is -2.51. The van der Waals surface area contributed by atoms with Crippen molar-refractivity contribution in [2.24, 2.45) is 0 Å². The van der Waals surface area contributed by atoms with Gasteiger partial charge in [0.25, 0.3) is 0 Å². The monoisotopic (exact) mass is 381 g/mol. The Morgan fingerprint density at radius 2 is 1.88 bits per heavy atom. The van der Waals surface area contributed by atoms with Crippen LogP contribution < -0.4 is 14.8 Å². The van der Waals surface area contributed by atoms with Crippen LogP contribution in [0.2, 0.25) is 0 Å². The van der Waals surface area contributed by atoms with Gasteiger partial charge in [-0.3, -0.25) is 4.79 Å². The summed E-state index contributed by atoms with van der Waals surface area (Å²) in [5, 5.41) is 2.66. The Bertz CT molecular complexity index is 916. The molecule has 0 saturated heterocycles. The molecule has 0 unspecified atom stereocenters. The Labute approximate surface area is 151 Å². The maximum absolute atomic E-state index is 13.2. The molecule has 1 aromatic heterocycles. The highest BCUT2D eigenvalue weighted by atomic mass is 32.2. The zero-order valence-corrected chi connectivity index (χ0v) is 15.6. The SMILES string of the molecule is COc1cc(C)c(NC(=O)[C@@](C)(NS(C)(=O)=O)c2ccc(F)cc2)cn1. The van der Waals surface area contributed by atoms with Crippen LogP contribution in [-0.2, 0) is 20.4 Å². The van der Waals surface area contributed by atoms with Crippen LogP contribution in [-0.4, -0.2) is 32.7 Å². The van der Waals surface area contributed by atoms with E-state index in [0.29, 0.717) is 22.7 Å². The van der Waals surface area contributed by atoms with Crippen LogP contribution in [0.1, 0.15) is 18.1 Å². The van der Waals surface area contributed by atoms with E-state index in [1.807, 2.05) is 0 Å². The molecule has 140 valence electrons. The number of aromatic nitrogens is 1. The molecule has 2 aromatic rings.